The van der Waals surface area contributed by atoms with Crippen LogP contribution in [0.5, 0.6) is 0 Å². The highest BCUT2D eigenvalue weighted by molar-refractivity contribution is 5.78. The summed E-state index contributed by atoms with van der Waals surface area (Å²) in [5.74, 6) is 0.403. The summed E-state index contributed by atoms with van der Waals surface area (Å²) < 4.78 is 0. The van der Waals surface area contributed by atoms with E-state index in [1.165, 1.54) is 17.5 Å². The summed E-state index contributed by atoms with van der Waals surface area (Å²) in [5, 5.41) is 6.33. The molecular weight excluding hydrogens is 236 g/mol. The lowest BCUT2D eigenvalue weighted by molar-refractivity contribution is -0.125. The molecule has 1 heterocycles. The molecule has 0 saturated carbocycles. The van der Waals surface area contributed by atoms with Gasteiger partial charge in [-0.2, -0.15) is 0 Å². The van der Waals surface area contributed by atoms with Crippen molar-refractivity contribution in [1.82, 2.24) is 10.6 Å². The van der Waals surface area contributed by atoms with Gasteiger partial charge in [-0.3, -0.25) is 4.79 Å². The lowest BCUT2D eigenvalue weighted by Gasteiger charge is -2.21. The lowest BCUT2D eigenvalue weighted by Crippen LogP contribution is -2.37. The number of carbonyl (C=O) groups is 1. The molecular formula is C16H24N2O. The number of benzene rings is 1. The molecule has 0 aliphatic carbocycles. The van der Waals surface area contributed by atoms with Crippen LogP contribution in [0.4, 0.5) is 0 Å². The molecule has 0 unspecified atom stereocenters. The second kappa shape index (κ2) is 7.29. The largest absolute Gasteiger partial charge is 0.352 e. The van der Waals surface area contributed by atoms with Gasteiger partial charge in [0.1, 0.15) is 0 Å². The van der Waals surface area contributed by atoms with Gasteiger partial charge in [-0.15, -0.1) is 0 Å². The van der Waals surface area contributed by atoms with E-state index in [1.807, 2.05) is 0 Å². The van der Waals surface area contributed by atoms with E-state index in [1.54, 1.807) is 0 Å². The standard InChI is InChI=1S/C16H24N2O/c1-2-3-13-4-6-14(7-5-13)12-18-16(19)15-8-10-17-11-9-15/h4-7,15,17H,2-3,8-12H2,1H3,(H,18,19). The molecule has 0 aromatic heterocycles. The molecule has 1 aliphatic heterocycles. The minimum Gasteiger partial charge on any atom is -0.352 e. The molecule has 0 atom stereocenters. The predicted octanol–water partition coefficient (Wildman–Crippen LogP) is 2.25. The second-order valence-corrected chi connectivity index (χ2v) is 5.31. The third kappa shape index (κ3) is 4.35. The van der Waals surface area contributed by atoms with Gasteiger partial charge in [-0.25, -0.2) is 0 Å². The lowest BCUT2D eigenvalue weighted by atomic mass is 9.97. The fourth-order valence-electron chi connectivity index (χ4n) is 2.53. The van der Waals surface area contributed by atoms with Crippen molar-refractivity contribution in [3.63, 3.8) is 0 Å². The predicted molar refractivity (Wildman–Crippen MR) is 77.9 cm³/mol. The summed E-state index contributed by atoms with van der Waals surface area (Å²) in [6.07, 6.45) is 4.22. The minimum absolute atomic E-state index is 0.195. The van der Waals surface area contributed by atoms with E-state index in [-0.39, 0.29) is 11.8 Å². The fraction of sp³-hybridized carbons (Fsp3) is 0.562. The maximum absolute atomic E-state index is 12.0. The Labute approximate surface area is 115 Å². The van der Waals surface area contributed by atoms with Crippen molar-refractivity contribution < 1.29 is 4.79 Å². The molecule has 0 spiro atoms. The van der Waals surface area contributed by atoms with Crippen molar-refractivity contribution >= 4 is 5.91 Å². The smallest absolute Gasteiger partial charge is 0.223 e. The maximum Gasteiger partial charge on any atom is 0.223 e. The number of piperidine rings is 1. The van der Waals surface area contributed by atoms with Gasteiger partial charge in [0.15, 0.2) is 0 Å². The molecule has 19 heavy (non-hydrogen) atoms. The first-order valence-electron chi connectivity index (χ1n) is 7.36. The summed E-state index contributed by atoms with van der Waals surface area (Å²) in [5.41, 5.74) is 2.55. The van der Waals surface area contributed by atoms with E-state index in [0.717, 1.165) is 32.4 Å². The zero-order valence-electron chi connectivity index (χ0n) is 11.7. The zero-order chi connectivity index (χ0) is 13.5. The van der Waals surface area contributed by atoms with E-state index in [9.17, 15) is 4.79 Å². The van der Waals surface area contributed by atoms with Crippen molar-refractivity contribution in [2.45, 2.75) is 39.2 Å². The average molecular weight is 260 g/mol. The van der Waals surface area contributed by atoms with Crippen LogP contribution in [-0.2, 0) is 17.8 Å². The molecule has 1 amide bonds. The van der Waals surface area contributed by atoms with Crippen LogP contribution in [0.1, 0.15) is 37.3 Å². The van der Waals surface area contributed by atoms with Crippen molar-refractivity contribution in [2.24, 2.45) is 5.92 Å². The molecule has 1 aromatic rings. The molecule has 3 heteroatoms. The Kier molecular flexibility index (Phi) is 5.40. The first-order valence-corrected chi connectivity index (χ1v) is 7.36. The Morgan fingerprint density at radius 2 is 1.84 bits per heavy atom. The van der Waals surface area contributed by atoms with Crippen LogP contribution in [0.15, 0.2) is 24.3 Å². The monoisotopic (exact) mass is 260 g/mol. The normalized spacial score (nSPS) is 16.3. The van der Waals surface area contributed by atoms with Crippen molar-refractivity contribution in [1.29, 1.82) is 0 Å². The van der Waals surface area contributed by atoms with Gasteiger partial charge in [-0.05, 0) is 43.5 Å². The van der Waals surface area contributed by atoms with Crippen molar-refractivity contribution in [3.8, 4) is 0 Å². The molecule has 2 N–H and O–H groups in total. The molecule has 2 rings (SSSR count). The van der Waals surface area contributed by atoms with Crippen LogP contribution >= 0.6 is 0 Å². The third-order valence-electron chi connectivity index (χ3n) is 3.74. The molecule has 0 radical (unpaired) electrons. The van der Waals surface area contributed by atoms with Gasteiger partial charge in [0.2, 0.25) is 5.91 Å². The number of hydrogen-bond acceptors (Lipinski definition) is 2. The number of nitrogens with one attached hydrogen (secondary N) is 2. The van der Waals surface area contributed by atoms with Gasteiger partial charge < -0.3 is 10.6 Å². The Morgan fingerprint density at radius 1 is 1.21 bits per heavy atom. The van der Waals surface area contributed by atoms with Gasteiger partial charge in [0, 0.05) is 12.5 Å². The summed E-state index contributed by atoms with van der Waals surface area (Å²) in [4.78, 5) is 12.0. The number of aryl methyl sites for hydroxylation is 1. The van der Waals surface area contributed by atoms with Crippen molar-refractivity contribution in [3.05, 3.63) is 35.4 Å². The first-order chi connectivity index (χ1) is 9.29. The van der Waals surface area contributed by atoms with E-state index in [2.05, 4.69) is 41.8 Å². The third-order valence-corrected chi connectivity index (χ3v) is 3.74. The Balaban J connectivity index is 1.79. The quantitative estimate of drug-likeness (QED) is 0.852. The highest BCUT2D eigenvalue weighted by Crippen LogP contribution is 2.12. The highest BCUT2D eigenvalue weighted by atomic mass is 16.1. The van der Waals surface area contributed by atoms with Gasteiger partial charge in [0.25, 0.3) is 0 Å². The maximum atomic E-state index is 12.0. The minimum atomic E-state index is 0.195. The summed E-state index contributed by atoms with van der Waals surface area (Å²) in [6, 6.07) is 8.56. The number of rotatable bonds is 5. The van der Waals surface area contributed by atoms with Crippen LogP contribution in [0.3, 0.4) is 0 Å². The van der Waals surface area contributed by atoms with Crippen LogP contribution in [0, 0.1) is 5.92 Å². The van der Waals surface area contributed by atoms with E-state index in [4.69, 9.17) is 0 Å². The van der Waals surface area contributed by atoms with E-state index >= 15 is 0 Å². The number of amides is 1. The van der Waals surface area contributed by atoms with Crippen LogP contribution in [-0.4, -0.2) is 19.0 Å². The summed E-state index contributed by atoms with van der Waals surface area (Å²) in [7, 11) is 0. The second-order valence-electron chi connectivity index (χ2n) is 5.31. The molecule has 1 fully saturated rings. The van der Waals surface area contributed by atoms with Crippen LogP contribution in [0.2, 0.25) is 0 Å². The van der Waals surface area contributed by atoms with Gasteiger partial charge in [0.05, 0.1) is 0 Å². The Hall–Kier alpha value is -1.35. The van der Waals surface area contributed by atoms with Crippen LogP contribution in [0.25, 0.3) is 0 Å². The zero-order valence-corrected chi connectivity index (χ0v) is 11.7. The van der Waals surface area contributed by atoms with Crippen molar-refractivity contribution in [2.75, 3.05) is 13.1 Å². The molecule has 1 saturated heterocycles. The molecule has 3 nitrogen and oxygen atoms in total. The van der Waals surface area contributed by atoms with Gasteiger partial charge >= 0.3 is 0 Å². The molecule has 104 valence electrons. The summed E-state index contributed by atoms with van der Waals surface area (Å²) >= 11 is 0. The Bertz CT molecular complexity index is 394. The fourth-order valence-corrected chi connectivity index (χ4v) is 2.53. The van der Waals surface area contributed by atoms with Gasteiger partial charge in [-0.1, -0.05) is 37.6 Å². The van der Waals surface area contributed by atoms with E-state index in [0.29, 0.717) is 6.54 Å². The number of hydrogen-bond donors (Lipinski definition) is 2. The molecule has 0 bridgehead atoms. The molecule has 1 aliphatic rings. The highest BCUT2D eigenvalue weighted by Gasteiger charge is 2.20. The summed E-state index contributed by atoms with van der Waals surface area (Å²) in [6.45, 7) is 4.76. The SMILES string of the molecule is CCCc1ccc(CNC(=O)C2CCNCC2)cc1. The van der Waals surface area contributed by atoms with E-state index < -0.39 is 0 Å². The first kappa shape index (κ1) is 14.1. The van der Waals surface area contributed by atoms with Crippen LogP contribution < -0.4 is 10.6 Å². The molecule has 1 aromatic carbocycles. The Morgan fingerprint density at radius 3 is 2.47 bits per heavy atom. The average Bonchev–Trinajstić information content (AvgIpc) is 2.47. The number of carbonyl (C=O) groups excluding carboxylic acids is 1. The topological polar surface area (TPSA) is 41.1 Å².